The molecule has 0 saturated carbocycles. The van der Waals surface area contributed by atoms with E-state index in [1.165, 1.54) is 58.2 Å². The molecule has 4 aromatic carbocycles. The van der Waals surface area contributed by atoms with Gasteiger partial charge in [-0.05, 0) is 111 Å². The fourth-order valence-corrected chi connectivity index (χ4v) is 10.4. The highest BCUT2D eigenvalue weighted by atomic mass is 127. The number of anilines is 4. The summed E-state index contributed by atoms with van der Waals surface area (Å²) in [7, 11) is 3.48. The van der Waals surface area contributed by atoms with Gasteiger partial charge in [0, 0.05) is 45.8 Å². The number of benzene rings is 4. The number of rotatable bonds is 8. The van der Waals surface area contributed by atoms with E-state index in [-0.39, 0.29) is 5.41 Å². The van der Waals surface area contributed by atoms with Crippen molar-refractivity contribution in [3.8, 4) is 11.5 Å². The molecule has 0 N–H and O–H groups in total. The number of methoxy groups -OCH3 is 2. The summed E-state index contributed by atoms with van der Waals surface area (Å²) in [6, 6.07) is 30.3. The Labute approximate surface area is 319 Å². The molecular weight excluding hydrogens is 811 g/mol. The van der Waals surface area contributed by atoms with Crippen LogP contribution in [0.1, 0.15) is 53.4 Å². The van der Waals surface area contributed by atoms with Gasteiger partial charge in [0.15, 0.2) is 0 Å². The van der Waals surface area contributed by atoms with E-state index >= 15 is 0 Å². The van der Waals surface area contributed by atoms with Crippen LogP contribution in [0, 0.1) is 14.4 Å². The molecule has 8 heteroatoms. The van der Waals surface area contributed by atoms with Crippen LogP contribution in [0.3, 0.4) is 0 Å². The lowest BCUT2D eigenvalue weighted by molar-refractivity contribution is 0.352. The zero-order valence-corrected chi connectivity index (χ0v) is 34.4. The normalized spacial score (nSPS) is 20.4. The van der Waals surface area contributed by atoms with Gasteiger partial charge in [-0.15, -0.1) is 23.5 Å². The van der Waals surface area contributed by atoms with Crippen molar-refractivity contribution in [2.24, 2.45) is 10.8 Å². The molecule has 0 aromatic heterocycles. The highest BCUT2D eigenvalue weighted by Gasteiger charge is 2.34. The summed E-state index contributed by atoms with van der Waals surface area (Å²) in [5, 5.41) is 0. The second kappa shape index (κ2) is 16.8. The van der Waals surface area contributed by atoms with Crippen LogP contribution in [-0.4, -0.2) is 38.8 Å². The molecule has 0 fully saturated rings. The number of hydrogen-bond donors (Lipinski definition) is 0. The highest BCUT2D eigenvalue weighted by molar-refractivity contribution is 14.1. The average molecular weight is 860 g/mol. The maximum atomic E-state index is 5.55. The van der Waals surface area contributed by atoms with Crippen LogP contribution < -0.4 is 19.3 Å². The Hall–Kier alpha value is -2.01. The van der Waals surface area contributed by atoms with Gasteiger partial charge in [-0.25, -0.2) is 0 Å². The lowest BCUT2D eigenvalue weighted by atomic mass is 9.87. The standard InChI is InChI=1S/C20H24BrNOS.C20H24INOS/c2*1-4-10-20(2)13-22(15-8-6-5-7-9-15)17-11-16(21)18(23-3)12-19(17)24-14-20/h2*5-9,11-12H,4,10,13-14H2,1-3H3. The first-order valence-corrected chi connectivity index (χ1v) is 20.6. The second-order valence-electron chi connectivity index (χ2n) is 13.5. The lowest BCUT2D eigenvalue weighted by Crippen LogP contribution is -2.33. The molecule has 4 nitrogen and oxygen atoms in total. The van der Waals surface area contributed by atoms with Crippen molar-refractivity contribution in [3.05, 3.63) is 93.0 Å². The first-order valence-electron chi connectivity index (χ1n) is 16.8. The molecule has 0 radical (unpaired) electrons. The summed E-state index contributed by atoms with van der Waals surface area (Å²) in [6.45, 7) is 11.5. The van der Waals surface area contributed by atoms with Gasteiger partial charge < -0.3 is 19.3 Å². The molecule has 48 heavy (non-hydrogen) atoms. The largest absolute Gasteiger partial charge is 0.496 e. The minimum Gasteiger partial charge on any atom is -0.496 e. The number of ether oxygens (including phenoxy) is 2. The van der Waals surface area contributed by atoms with Crippen molar-refractivity contribution in [1.82, 2.24) is 0 Å². The van der Waals surface area contributed by atoms with Gasteiger partial charge in [0.05, 0.1) is 33.6 Å². The van der Waals surface area contributed by atoms with Crippen LogP contribution >= 0.6 is 62.0 Å². The van der Waals surface area contributed by atoms with Crippen molar-refractivity contribution < 1.29 is 9.47 Å². The van der Waals surface area contributed by atoms with Gasteiger partial charge in [0.1, 0.15) is 11.5 Å². The van der Waals surface area contributed by atoms with Crippen molar-refractivity contribution in [2.45, 2.75) is 63.2 Å². The number of nitrogens with zero attached hydrogens (tertiary/aromatic N) is 2. The van der Waals surface area contributed by atoms with Crippen LogP contribution in [0.5, 0.6) is 11.5 Å². The Bertz CT molecular complexity index is 1540. The van der Waals surface area contributed by atoms with E-state index in [0.717, 1.165) is 44.1 Å². The van der Waals surface area contributed by atoms with Crippen LogP contribution in [-0.2, 0) is 0 Å². The quantitative estimate of drug-likeness (QED) is 0.164. The fourth-order valence-electron chi connectivity index (χ4n) is 6.73. The lowest BCUT2D eigenvalue weighted by Gasteiger charge is -2.34. The van der Waals surface area contributed by atoms with E-state index in [4.69, 9.17) is 9.47 Å². The molecule has 256 valence electrons. The summed E-state index contributed by atoms with van der Waals surface area (Å²) in [5.74, 6) is 4.13. The molecule has 2 atom stereocenters. The summed E-state index contributed by atoms with van der Waals surface area (Å²) >= 11 is 9.95. The van der Waals surface area contributed by atoms with Crippen LogP contribution in [0.15, 0.2) is 99.2 Å². The third-order valence-corrected chi connectivity index (χ3v) is 13.5. The van der Waals surface area contributed by atoms with Gasteiger partial charge in [-0.2, -0.15) is 0 Å². The Morgan fingerprint density at radius 1 is 0.688 bits per heavy atom. The van der Waals surface area contributed by atoms with Gasteiger partial charge >= 0.3 is 0 Å². The number of thioether (sulfide) groups is 2. The minimum absolute atomic E-state index is 0.286. The molecule has 0 aliphatic carbocycles. The molecule has 0 bridgehead atoms. The summed E-state index contributed by atoms with van der Waals surface area (Å²) in [6.07, 6.45) is 4.90. The summed E-state index contributed by atoms with van der Waals surface area (Å²) in [4.78, 5) is 7.57. The van der Waals surface area contributed by atoms with Gasteiger partial charge in [0.25, 0.3) is 0 Å². The number of hydrogen-bond acceptors (Lipinski definition) is 6. The van der Waals surface area contributed by atoms with E-state index in [1.54, 1.807) is 14.2 Å². The van der Waals surface area contributed by atoms with E-state index in [9.17, 15) is 0 Å². The minimum atomic E-state index is 0.286. The zero-order chi connectivity index (χ0) is 34.3. The monoisotopic (exact) mass is 858 g/mol. The summed E-state index contributed by atoms with van der Waals surface area (Å²) in [5.41, 5.74) is 5.67. The van der Waals surface area contributed by atoms with Crippen LogP contribution in [0.4, 0.5) is 22.7 Å². The van der Waals surface area contributed by atoms with Crippen LogP contribution in [0.25, 0.3) is 0 Å². The van der Waals surface area contributed by atoms with E-state index in [2.05, 4.69) is 161 Å². The molecule has 2 unspecified atom stereocenters. The zero-order valence-electron chi connectivity index (χ0n) is 29.0. The highest BCUT2D eigenvalue weighted by Crippen LogP contribution is 2.49. The number of para-hydroxylation sites is 2. The molecular formula is C40H48BrIN2O2S2. The number of fused-ring (bicyclic) bond motifs is 2. The van der Waals surface area contributed by atoms with Gasteiger partial charge in [0.2, 0.25) is 0 Å². The Kier molecular flexibility index (Phi) is 13.0. The van der Waals surface area contributed by atoms with E-state index in [0.29, 0.717) is 5.41 Å². The Morgan fingerprint density at radius 2 is 1.12 bits per heavy atom. The maximum absolute atomic E-state index is 5.55. The van der Waals surface area contributed by atoms with Gasteiger partial charge in [-0.1, -0.05) is 76.9 Å². The maximum Gasteiger partial charge on any atom is 0.134 e. The Balaban J connectivity index is 0.000000188. The average Bonchev–Trinajstić information content (AvgIpc) is 3.32. The predicted octanol–water partition coefficient (Wildman–Crippen LogP) is 12.9. The second-order valence-corrected chi connectivity index (χ2v) is 17.5. The molecule has 2 aliphatic heterocycles. The van der Waals surface area contributed by atoms with E-state index < -0.39 is 0 Å². The third-order valence-electron chi connectivity index (χ3n) is 9.12. The Morgan fingerprint density at radius 3 is 1.56 bits per heavy atom. The topological polar surface area (TPSA) is 24.9 Å². The molecule has 2 heterocycles. The SMILES string of the molecule is CCCC1(C)CSc2cc(OC)c(Br)cc2N(c2ccccc2)C1.CCCC1(C)CSc2cc(OC)c(I)cc2N(c2ccccc2)C1. The first-order chi connectivity index (χ1) is 23.1. The molecule has 6 rings (SSSR count). The third kappa shape index (κ3) is 8.82. The molecule has 4 aromatic rings. The first kappa shape index (κ1) is 37.3. The molecule has 0 spiro atoms. The molecule has 2 aliphatic rings. The van der Waals surface area contributed by atoms with Crippen molar-refractivity contribution in [3.63, 3.8) is 0 Å². The summed E-state index contributed by atoms with van der Waals surface area (Å²) < 4.78 is 13.2. The van der Waals surface area contributed by atoms with E-state index in [1.807, 2.05) is 23.5 Å². The van der Waals surface area contributed by atoms with Crippen molar-refractivity contribution >= 4 is 84.8 Å². The fraction of sp³-hybridized carbons (Fsp3) is 0.400. The smallest absolute Gasteiger partial charge is 0.134 e. The van der Waals surface area contributed by atoms with Crippen molar-refractivity contribution in [2.75, 3.05) is 48.6 Å². The number of halogens is 2. The molecule has 0 amide bonds. The van der Waals surface area contributed by atoms with Crippen LogP contribution in [0.2, 0.25) is 0 Å². The predicted molar refractivity (Wildman–Crippen MR) is 221 cm³/mol. The molecule has 0 saturated heterocycles. The van der Waals surface area contributed by atoms with Gasteiger partial charge in [-0.3, -0.25) is 0 Å². The van der Waals surface area contributed by atoms with Crippen molar-refractivity contribution in [1.29, 1.82) is 0 Å².